The summed E-state index contributed by atoms with van der Waals surface area (Å²) >= 11 is 0. The van der Waals surface area contributed by atoms with Gasteiger partial charge in [0.05, 0.1) is 17.6 Å². The number of aliphatic hydroxyl groups excluding tert-OH is 1. The molecule has 9 nitrogen and oxygen atoms in total. The van der Waals surface area contributed by atoms with Gasteiger partial charge in [-0.25, -0.2) is 0 Å². The number of phenolic OH excluding ortho intramolecular Hbond substituents is 1. The monoisotopic (exact) mass is 558 g/mol. The summed E-state index contributed by atoms with van der Waals surface area (Å²) in [5, 5.41) is 33.5. The topological polar surface area (TPSA) is 158 Å². The Morgan fingerprint density at radius 1 is 1.12 bits per heavy atom. The van der Waals surface area contributed by atoms with Crippen molar-refractivity contribution in [2.24, 2.45) is 29.4 Å². The Hall–Kier alpha value is -3.84. The number of carbonyl (C=O) groups excluding carboxylic acids is 4. The first-order valence-electron chi connectivity index (χ1n) is 13.8. The van der Waals surface area contributed by atoms with Crippen LogP contribution >= 0.6 is 0 Å². The number of primary amides is 1. The van der Waals surface area contributed by atoms with E-state index in [4.69, 9.17) is 12.2 Å². The van der Waals surface area contributed by atoms with Crippen molar-refractivity contribution in [3.8, 4) is 29.2 Å². The molecule has 41 heavy (non-hydrogen) atoms. The van der Waals surface area contributed by atoms with Gasteiger partial charge in [0.1, 0.15) is 11.7 Å². The number of amides is 1. The van der Waals surface area contributed by atoms with Crippen molar-refractivity contribution in [3.63, 3.8) is 0 Å². The lowest BCUT2D eigenvalue weighted by molar-refractivity contribution is -0.190. The molecular formula is C32H34N2O7. The molecule has 1 amide bonds. The summed E-state index contributed by atoms with van der Waals surface area (Å²) in [6.45, 7) is 0. The van der Waals surface area contributed by atoms with Gasteiger partial charge in [-0.15, -0.1) is 12.3 Å². The minimum absolute atomic E-state index is 0.00356. The Balaban J connectivity index is 1.57. The van der Waals surface area contributed by atoms with Crippen LogP contribution in [0.25, 0.3) is 11.1 Å². The second-order valence-electron chi connectivity index (χ2n) is 11.7. The first-order valence-corrected chi connectivity index (χ1v) is 13.8. The number of ketones is 3. The van der Waals surface area contributed by atoms with Crippen LogP contribution in [0.4, 0.5) is 0 Å². The van der Waals surface area contributed by atoms with E-state index in [1.165, 1.54) is 6.07 Å². The summed E-state index contributed by atoms with van der Waals surface area (Å²) in [6.07, 6.45) is 6.52. The van der Waals surface area contributed by atoms with Gasteiger partial charge >= 0.3 is 0 Å². The smallest absolute Gasteiger partial charge is 0.230 e. The number of aliphatic hydroxyl groups is 2. The van der Waals surface area contributed by atoms with Crippen LogP contribution in [0.3, 0.4) is 0 Å². The molecule has 0 bridgehead atoms. The highest BCUT2D eigenvalue weighted by molar-refractivity contribution is 6.25. The van der Waals surface area contributed by atoms with Gasteiger partial charge in [0, 0.05) is 18.4 Å². The summed E-state index contributed by atoms with van der Waals surface area (Å²) in [5.41, 5.74) is 6.03. The molecule has 2 aromatic rings. The Labute approximate surface area is 238 Å². The van der Waals surface area contributed by atoms with Crippen LogP contribution < -0.4 is 5.73 Å². The Morgan fingerprint density at radius 3 is 2.41 bits per heavy atom. The number of likely N-dealkylation sites (N-methyl/N-ethyl adjacent to an activating group) is 1. The summed E-state index contributed by atoms with van der Waals surface area (Å²) in [6, 6.07) is 10.1. The number of nitrogens with zero attached hydrogens (tertiary/aromatic N) is 1. The predicted molar refractivity (Wildman–Crippen MR) is 150 cm³/mol. The lowest BCUT2D eigenvalue weighted by atomic mass is 9.52. The molecule has 0 aliphatic heterocycles. The van der Waals surface area contributed by atoms with Crippen molar-refractivity contribution in [1.29, 1.82) is 0 Å². The third kappa shape index (κ3) is 4.38. The maximum absolute atomic E-state index is 14.0. The molecule has 214 valence electrons. The van der Waals surface area contributed by atoms with Gasteiger partial charge in [0.15, 0.2) is 23.0 Å². The number of benzene rings is 2. The highest BCUT2D eigenvalue weighted by Crippen LogP contribution is 2.52. The molecule has 0 radical (unpaired) electrons. The number of aryl methyl sites for hydroxylation is 1. The second kappa shape index (κ2) is 10.5. The predicted octanol–water partition coefficient (Wildman–Crippen LogP) is 1.28. The van der Waals surface area contributed by atoms with E-state index in [9.17, 15) is 34.5 Å². The number of fused-ring (bicyclic) bond motifs is 3. The van der Waals surface area contributed by atoms with Crippen LogP contribution in [-0.2, 0) is 27.2 Å². The van der Waals surface area contributed by atoms with Crippen molar-refractivity contribution in [3.05, 3.63) is 53.1 Å². The van der Waals surface area contributed by atoms with Crippen molar-refractivity contribution >= 4 is 23.3 Å². The Bertz CT molecular complexity index is 1470. The van der Waals surface area contributed by atoms with Gasteiger partial charge < -0.3 is 26.0 Å². The van der Waals surface area contributed by atoms with Gasteiger partial charge in [-0.2, -0.15) is 0 Å². The SMILES string of the molecule is C#CCCCc1ccc(-c2ccc(O)c3c2C[C@@H]2C[C@@H]4C(N(C)C)C(O)C(C(N)=O)C(=O)[C@]4(O)C(=O)C2C3=O)cc1. The highest BCUT2D eigenvalue weighted by Gasteiger charge is 2.69. The number of hydrogen-bond donors (Lipinski definition) is 4. The van der Waals surface area contributed by atoms with Gasteiger partial charge in [0.25, 0.3) is 0 Å². The largest absolute Gasteiger partial charge is 0.507 e. The number of rotatable bonds is 6. The highest BCUT2D eigenvalue weighted by atomic mass is 16.3. The first kappa shape index (κ1) is 28.7. The molecular weight excluding hydrogens is 524 g/mol. The number of Topliss-reactive ketones (excluding diaryl/α,β-unsaturated/α-hetero) is 3. The van der Waals surface area contributed by atoms with E-state index in [2.05, 4.69) is 5.92 Å². The van der Waals surface area contributed by atoms with E-state index in [0.29, 0.717) is 12.0 Å². The molecule has 2 aromatic carbocycles. The maximum atomic E-state index is 14.0. The molecule has 2 fully saturated rings. The van der Waals surface area contributed by atoms with Gasteiger partial charge in [0.2, 0.25) is 5.91 Å². The van der Waals surface area contributed by atoms with Gasteiger partial charge in [-0.1, -0.05) is 30.3 Å². The van der Waals surface area contributed by atoms with E-state index in [1.54, 1.807) is 25.1 Å². The number of terminal acetylenes is 1. The summed E-state index contributed by atoms with van der Waals surface area (Å²) < 4.78 is 0. The van der Waals surface area contributed by atoms with E-state index in [1.807, 2.05) is 24.3 Å². The normalized spacial score (nSPS) is 30.8. The average molecular weight is 559 g/mol. The minimum atomic E-state index is -2.68. The van der Waals surface area contributed by atoms with Crippen LogP contribution in [0.1, 0.15) is 40.7 Å². The van der Waals surface area contributed by atoms with E-state index >= 15 is 0 Å². The number of nitrogens with two attached hydrogens (primary N) is 1. The molecule has 7 atom stereocenters. The number of carbonyl (C=O) groups is 4. The van der Waals surface area contributed by atoms with Gasteiger partial charge in [-0.05, 0) is 74.0 Å². The Kier molecular flexibility index (Phi) is 7.36. The molecule has 0 spiro atoms. The van der Waals surface area contributed by atoms with E-state index in [0.717, 1.165) is 29.5 Å². The zero-order chi connectivity index (χ0) is 29.8. The van der Waals surface area contributed by atoms with Crippen molar-refractivity contribution in [2.45, 2.75) is 49.9 Å². The second-order valence-corrected chi connectivity index (χ2v) is 11.7. The van der Waals surface area contributed by atoms with Gasteiger partial charge in [-0.3, -0.25) is 19.2 Å². The number of unbranched alkanes of at least 4 members (excludes halogenated alkanes) is 1. The zero-order valence-corrected chi connectivity index (χ0v) is 23.0. The fourth-order valence-corrected chi connectivity index (χ4v) is 7.34. The van der Waals surface area contributed by atoms with Crippen LogP contribution in [0.2, 0.25) is 0 Å². The van der Waals surface area contributed by atoms with E-state index < -0.39 is 64.7 Å². The fourth-order valence-electron chi connectivity index (χ4n) is 7.34. The first-order chi connectivity index (χ1) is 19.4. The van der Waals surface area contributed by atoms with Crippen molar-refractivity contribution in [1.82, 2.24) is 4.90 Å². The molecule has 3 aliphatic rings. The van der Waals surface area contributed by atoms with Crippen LogP contribution in [0.15, 0.2) is 36.4 Å². The zero-order valence-electron chi connectivity index (χ0n) is 23.0. The molecule has 5 N–H and O–H groups in total. The van der Waals surface area contributed by atoms with Crippen LogP contribution in [0, 0.1) is 36.0 Å². The Morgan fingerprint density at radius 2 is 1.80 bits per heavy atom. The average Bonchev–Trinajstić information content (AvgIpc) is 2.91. The molecule has 5 rings (SSSR count). The molecule has 2 saturated carbocycles. The van der Waals surface area contributed by atoms with Crippen molar-refractivity contribution < 1.29 is 34.5 Å². The maximum Gasteiger partial charge on any atom is 0.230 e. The standard InChI is InChI=1S/C32H34N2O7/c1-4-5-6-7-16-8-10-17(11-9-16)19-12-13-22(35)24-20(19)14-18-15-21-26(34(2)3)28(37)25(31(33)40)30(39)32(21,41)29(38)23(18)27(24)36/h1,8-13,18,21,23,25-26,28,35,37,41H,5-7,14-15H2,2-3H3,(H2,33,40)/t18-,21-,23?,25?,26?,28?,32-/m1/s1. The van der Waals surface area contributed by atoms with Crippen molar-refractivity contribution in [2.75, 3.05) is 14.1 Å². The molecule has 0 saturated heterocycles. The summed E-state index contributed by atoms with van der Waals surface area (Å²) in [4.78, 5) is 55.1. The fraction of sp³-hybridized carbons (Fsp3) is 0.438. The minimum Gasteiger partial charge on any atom is -0.507 e. The molecule has 3 aliphatic carbocycles. The molecule has 0 heterocycles. The lowest BCUT2D eigenvalue weighted by Gasteiger charge is -2.54. The summed E-state index contributed by atoms with van der Waals surface area (Å²) in [7, 11) is 3.23. The number of phenols is 1. The molecule has 0 aromatic heterocycles. The summed E-state index contributed by atoms with van der Waals surface area (Å²) in [5.74, 6) is -6.51. The molecule has 4 unspecified atom stereocenters. The van der Waals surface area contributed by atoms with Crippen LogP contribution in [-0.4, -0.2) is 75.3 Å². The number of hydrogen-bond acceptors (Lipinski definition) is 8. The van der Waals surface area contributed by atoms with E-state index in [-0.39, 0.29) is 24.2 Å². The third-order valence-electron chi connectivity index (χ3n) is 9.23. The lowest BCUT2D eigenvalue weighted by Crippen LogP contribution is -2.75. The third-order valence-corrected chi connectivity index (χ3v) is 9.23. The molecule has 9 heteroatoms. The quantitative estimate of drug-likeness (QED) is 0.235. The number of aromatic hydroxyl groups is 1. The van der Waals surface area contributed by atoms with Crippen LogP contribution in [0.5, 0.6) is 5.75 Å².